The molecule has 11 heteroatoms. The lowest BCUT2D eigenvalue weighted by molar-refractivity contribution is 0.262. The number of urea groups is 1. The van der Waals surface area contributed by atoms with E-state index in [2.05, 4.69) is 25.7 Å². The Bertz CT molecular complexity index is 1080. The molecule has 0 fully saturated rings. The molecule has 0 aliphatic heterocycles. The minimum atomic E-state index is -0.643. The first-order valence-corrected chi connectivity index (χ1v) is 8.80. The number of aromatic nitrogens is 4. The van der Waals surface area contributed by atoms with Crippen molar-refractivity contribution in [1.82, 2.24) is 19.6 Å². The second-order valence-electron chi connectivity index (χ2n) is 5.78. The molecule has 0 radical (unpaired) electrons. The van der Waals surface area contributed by atoms with Crippen LogP contribution in [0.15, 0.2) is 23.3 Å². The third-order valence-electron chi connectivity index (χ3n) is 3.95. The number of carbonyl (C=O) groups excluding carboxylic acids is 1. The van der Waals surface area contributed by atoms with Crippen molar-refractivity contribution in [3.63, 3.8) is 0 Å². The lowest BCUT2D eigenvalue weighted by atomic mass is 10.2. The van der Waals surface area contributed by atoms with Crippen LogP contribution in [-0.4, -0.2) is 39.8 Å². The van der Waals surface area contributed by atoms with Gasteiger partial charge in [0.2, 0.25) is 0 Å². The molecule has 3 N–H and O–H groups in total. The van der Waals surface area contributed by atoms with Crippen LogP contribution < -0.4 is 25.7 Å². The van der Waals surface area contributed by atoms with Crippen molar-refractivity contribution < 1.29 is 14.3 Å². The lowest BCUT2D eigenvalue weighted by Gasteiger charge is -2.14. The van der Waals surface area contributed by atoms with E-state index in [0.717, 1.165) is 10.9 Å². The maximum atomic E-state index is 12.7. The van der Waals surface area contributed by atoms with Gasteiger partial charge in [0, 0.05) is 6.07 Å². The number of anilines is 2. The van der Waals surface area contributed by atoms with E-state index in [0.29, 0.717) is 34.3 Å². The highest BCUT2D eigenvalue weighted by Crippen LogP contribution is 2.35. The molecule has 0 aliphatic rings. The molecule has 0 aliphatic carbocycles. The minimum Gasteiger partial charge on any atom is -0.495 e. The highest BCUT2D eigenvalue weighted by atomic mass is 35.5. The van der Waals surface area contributed by atoms with Crippen LogP contribution >= 0.6 is 11.6 Å². The summed E-state index contributed by atoms with van der Waals surface area (Å²) in [5.74, 6) is 0.994. The molecule has 28 heavy (non-hydrogen) atoms. The van der Waals surface area contributed by atoms with Crippen LogP contribution in [0.4, 0.5) is 16.2 Å². The number of aromatic amines is 1. The molecule has 148 valence electrons. The Hall–Kier alpha value is -3.27. The van der Waals surface area contributed by atoms with Gasteiger partial charge in [-0.15, -0.1) is 0 Å². The Morgan fingerprint density at radius 3 is 2.68 bits per heavy atom. The summed E-state index contributed by atoms with van der Waals surface area (Å²) >= 11 is 6.12. The van der Waals surface area contributed by atoms with Gasteiger partial charge in [-0.05, 0) is 12.5 Å². The predicted octanol–water partition coefficient (Wildman–Crippen LogP) is 2.68. The maximum Gasteiger partial charge on any atom is 0.323 e. The first kappa shape index (κ1) is 19.5. The van der Waals surface area contributed by atoms with Crippen molar-refractivity contribution in [1.29, 1.82) is 0 Å². The molecule has 0 atom stereocenters. The standard InChI is InChI=1S/C17H19ClN6O4/c1-4-5-10-14(15(25)24-16(21-10)19-8-20-24)23-17(26)22-11-6-9(18)12(27-2)7-13(11)28-3/h6-8H,4-5H2,1-3H3,(H,19,20,21)(H2,22,23,26). The Morgan fingerprint density at radius 2 is 2.00 bits per heavy atom. The molecule has 1 aromatic carbocycles. The summed E-state index contributed by atoms with van der Waals surface area (Å²) < 4.78 is 11.5. The molecule has 2 heterocycles. The van der Waals surface area contributed by atoms with Gasteiger partial charge in [-0.25, -0.2) is 14.8 Å². The topological polar surface area (TPSA) is 123 Å². The van der Waals surface area contributed by atoms with Crippen molar-refractivity contribution in [3.8, 4) is 11.5 Å². The molecular weight excluding hydrogens is 388 g/mol. The van der Waals surface area contributed by atoms with Gasteiger partial charge >= 0.3 is 6.03 Å². The molecule has 0 unspecified atom stereocenters. The lowest BCUT2D eigenvalue weighted by Crippen LogP contribution is -2.28. The number of aryl methyl sites for hydroxylation is 1. The average molecular weight is 407 g/mol. The number of hydrogen-bond donors (Lipinski definition) is 3. The summed E-state index contributed by atoms with van der Waals surface area (Å²) in [5.41, 5.74) is 0.383. The fourth-order valence-electron chi connectivity index (χ4n) is 2.67. The first-order chi connectivity index (χ1) is 13.5. The van der Waals surface area contributed by atoms with E-state index in [1.54, 1.807) is 6.07 Å². The number of rotatable bonds is 6. The summed E-state index contributed by atoms with van der Waals surface area (Å²) in [6.45, 7) is 1.95. The Morgan fingerprint density at radius 1 is 1.25 bits per heavy atom. The van der Waals surface area contributed by atoms with Crippen molar-refractivity contribution >= 4 is 34.8 Å². The summed E-state index contributed by atoms with van der Waals surface area (Å²) in [6, 6.07) is 2.40. The van der Waals surface area contributed by atoms with Crippen LogP contribution in [-0.2, 0) is 6.42 Å². The van der Waals surface area contributed by atoms with E-state index in [9.17, 15) is 9.59 Å². The zero-order valence-corrected chi connectivity index (χ0v) is 16.3. The summed E-state index contributed by atoms with van der Waals surface area (Å²) in [7, 11) is 2.93. The van der Waals surface area contributed by atoms with Crippen molar-refractivity contribution in [3.05, 3.63) is 39.5 Å². The molecule has 0 saturated carbocycles. The van der Waals surface area contributed by atoms with Gasteiger partial charge in [0.1, 0.15) is 23.5 Å². The quantitative estimate of drug-likeness (QED) is 0.578. The third-order valence-corrected chi connectivity index (χ3v) is 4.25. The highest BCUT2D eigenvalue weighted by Gasteiger charge is 2.18. The average Bonchev–Trinajstić information content (AvgIpc) is 3.14. The van der Waals surface area contributed by atoms with E-state index in [1.165, 1.54) is 26.6 Å². The number of halogens is 1. The van der Waals surface area contributed by atoms with E-state index in [4.69, 9.17) is 21.1 Å². The van der Waals surface area contributed by atoms with Gasteiger partial charge in [0.05, 0.1) is 30.6 Å². The molecule has 3 aromatic rings. The van der Waals surface area contributed by atoms with Gasteiger partial charge < -0.3 is 20.1 Å². The van der Waals surface area contributed by atoms with E-state index in [1.807, 2.05) is 6.92 Å². The molecule has 10 nitrogen and oxygen atoms in total. The Balaban J connectivity index is 1.92. The number of fused-ring (bicyclic) bond motifs is 1. The largest absolute Gasteiger partial charge is 0.495 e. The van der Waals surface area contributed by atoms with Crippen LogP contribution in [0.25, 0.3) is 5.78 Å². The van der Waals surface area contributed by atoms with Gasteiger partial charge in [0.15, 0.2) is 0 Å². The smallest absolute Gasteiger partial charge is 0.323 e. The third kappa shape index (κ3) is 3.72. The normalized spacial score (nSPS) is 10.7. The fraction of sp³-hybridized carbons (Fsp3) is 0.294. The first-order valence-electron chi connectivity index (χ1n) is 8.43. The minimum absolute atomic E-state index is 0.0691. The van der Waals surface area contributed by atoms with Crippen molar-refractivity contribution in [2.24, 2.45) is 0 Å². The zero-order valence-electron chi connectivity index (χ0n) is 15.5. The number of methoxy groups -OCH3 is 2. The Kier molecular flexibility index (Phi) is 5.69. The van der Waals surface area contributed by atoms with Crippen LogP contribution in [0.2, 0.25) is 5.02 Å². The monoisotopic (exact) mass is 406 g/mol. The number of carbonyl (C=O) groups is 1. The number of nitrogens with zero attached hydrogens (tertiary/aromatic N) is 3. The SMILES string of the molecule is CCCc1nc2nc[nH]n2c(=O)c1NC(=O)Nc1cc(Cl)c(OC)cc1OC. The predicted molar refractivity (Wildman–Crippen MR) is 105 cm³/mol. The maximum absolute atomic E-state index is 12.7. The summed E-state index contributed by atoms with van der Waals surface area (Å²) in [5, 5.41) is 8.16. The number of nitrogens with one attached hydrogen (secondary N) is 3. The molecule has 2 amide bonds. The van der Waals surface area contributed by atoms with Crippen LogP contribution in [0.1, 0.15) is 19.0 Å². The van der Waals surface area contributed by atoms with Crippen molar-refractivity contribution in [2.45, 2.75) is 19.8 Å². The summed E-state index contributed by atoms with van der Waals surface area (Å²) in [6.07, 6.45) is 2.60. The molecule has 3 rings (SSSR count). The van der Waals surface area contributed by atoms with Crippen LogP contribution in [0.3, 0.4) is 0 Å². The number of amides is 2. The number of H-pyrrole nitrogens is 1. The van der Waals surface area contributed by atoms with Crippen molar-refractivity contribution in [2.75, 3.05) is 24.9 Å². The van der Waals surface area contributed by atoms with Crippen LogP contribution in [0.5, 0.6) is 11.5 Å². The Labute approximate surface area is 164 Å². The molecule has 0 spiro atoms. The van der Waals surface area contributed by atoms with Gasteiger partial charge in [-0.1, -0.05) is 24.9 Å². The molecular formula is C17H19ClN6O4. The van der Waals surface area contributed by atoms with E-state index >= 15 is 0 Å². The van der Waals surface area contributed by atoms with Crippen LogP contribution in [0, 0.1) is 0 Å². The summed E-state index contributed by atoms with van der Waals surface area (Å²) in [4.78, 5) is 33.5. The molecule has 0 bridgehead atoms. The van der Waals surface area contributed by atoms with E-state index < -0.39 is 11.6 Å². The van der Waals surface area contributed by atoms with Gasteiger partial charge in [-0.3, -0.25) is 9.89 Å². The van der Waals surface area contributed by atoms with Gasteiger partial charge in [-0.2, -0.15) is 4.52 Å². The molecule has 2 aromatic heterocycles. The second-order valence-corrected chi connectivity index (χ2v) is 6.18. The van der Waals surface area contributed by atoms with Gasteiger partial charge in [0.25, 0.3) is 11.3 Å². The zero-order chi connectivity index (χ0) is 20.3. The molecule has 0 saturated heterocycles. The number of hydrogen-bond acceptors (Lipinski definition) is 6. The number of benzene rings is 1. The fourth-order valence-corrected chi connectivity index (χ4v) is 2.91. The second kappa shape index (κ2) is 8.17. The van der Waals surface area contributed by atoms with E-state index in [-0.39, 0.29) is 11.5 Å². The number of ether oxygens (including phenoxy) is 2. The highest BCUT2D eigenvalue weighted by molar-refractivity contribution is 6.32.